The third kappa shape index (κ3) is 9.88. The van der Waals surface area contributed by atoms with Gasteiger partial charge in [-0.25, -0.2) is 0 Å². The molecule has 0 atom stereocenters. The molecule has 0 unspecified atom stereocenters. The molecule has 0 heterocycles. The lowest BCUT2D eigenvalue weighted by Gasteiger charge is -2.28. The Kier molecular flexibility index (Phi) is 12.0. The lowest BCUT2D eigenvalue weighted by molar-refractivity contribution is -0.137. The highest BCUT2D eigenvalue weighted by molar-refractivity contribution is 6.60. The molecule has 22 heavy (non-hydrogen) atoms. The first-order valence-corrected chi connectivity index (χ1v) is 9.83. The zero-order valence-corrected chi connectivity index (χ0v) is 14.9. The fraction of sp³-hybridized carbons (Fsp3) is 0.857. The molecule has 1 amide bonds. The van der Waals surface area contributed by atoms with E-state index in [0.717, 1.165) is 0 Å². The van der Waals surface area contributed by atoms with Crippen LogP contribution in [0.15, 0.2) is 0 Å². The molecule has 0 saturated carbocycles. The minimum Gasteiger partial charge on any atom is -0.481 e. The molecule has 0 rings (SSSR count). The van der Waals surface area contributed by atoms with Crippen LogP contribution in [0.25, 0.3) is 0 Å². The van der Waals surface area contributed by atoms with E-state index >= 15 is 0 Å². The highest BCUT2D eigenvalue weighted by Crippen LogP contribution is 2.17. The van der Waals surface area contributed by atoms with E-state index in [1.165, 1.54) is 0 Å². The summed E-state index contributed by atoms with van der Waals surface area (Å²) in [4.78, 5) is 21.9. The second kappa shape index (κ2) is 12.6. The molecule has 0 spiro atoms. The largest absolute Gasteiger partial charge is 0.500 e. The van der Waals surface area contributed by atoms with E-state index in [1.54, 1.807) is 0 Å². The molecule has 0 fully saturated rings. The maximum absolute atomic E-state index is 11.5. The Bertz CT molecular complexity index is 309. The minimum atomic E-state index is -2.64. The van der Waals surface area contributed by atoms with Gasteiger partial charge in [-0.1, -0.05) is 0 Å². The Morgan fingerprint density at radius 2 is 1.50 bits per heavy atom. The Balaban J connectivity index is 4.05. The maximum atomic E-state index is 11.5. The van der Waals surface area contributed by atoms with Gasteiger partial charge in [0.15, 0.2) is 0 Å². The number of carboxylic acid groups (broad SMARTS) is 1. The number of hydrogen-bond donors (Lipinski definition) is 2. The first-order chi connectivity index (χ1) is 10.5. The van der Waals surface area contributed by atoms with Crippen molar-refractivity contribution in [1.29, 1.82) is 0 Å². The van der Waals surface area contributed by atoms with Gasteiger partial charge in [-0.2, -0.15) is 0 Å². The molecule has 0 bridgehead atoms. The molecule has 0 aliphatic heterocycles. The van der Waals surface area contributed by atoms with Crippen LogP contribution >= 0.6 is 0 Å². The van der Waals surface area contributed by atoms with Gasteiger partial charge < -0.3 is 23.7 Å². The predicted octanol–water partition coefficient (Wildman–Crippen LogP) is 1.80. The average Bonchev–Trinajstić information content (AvgIpc) is 2.44. The van der Waals surface area contributed by atoms with E-state index in [2.05, 4.69) is 5.32 Å². The van der Waals surface area contributed by atoms with Gasteiger partial charge in [-0.15, -0.1) is 0 Å². The average molecular weight is 335 g/mol. The lowest BCUT2D eigenvalue weighted by atomic mass is 10.2. The highest BCUT2D eigenvalue weighted by atomic mass is 28.4. The van der Waals surface area contributed by atoms with Crippen molar-refractivity contribution >= 4 is 20.7 Å². The first kappa shape index (κ1) is 21.0. The van der Waals surface area contributed by atoms with Crippen LogP contribution in [0.2, 0.25) is 6.04 Å². The summed E-state index contributed by atoms with van der Waals surface area (Å²) < 4.78 is 17.2. The summed E-state index contributed by atoms with van der Waals surface area (Å²) in [5.41, 5.74) is 0. The number of nitrogens with one attached hydrogen (secondary N) is 1. The molecule has 0 aromatic rings. The van der Waals surface area contributed by atoms with Crippen molar-refractivity contribution in [2.45, 2.75) is 52.5 Å². The van der Waals surface area contributed by atoms with E-state index in [0.29, 0.717) is 45.3 Å². The number of amides is 1. The van der Waals surface area contributed by atoms with E-state index in [1.807, 2.05) is 20.8 Å². The van der Waals surface area contributed by atoms with Crippen LogP contribution in [-0.2, 0) is 22.9 Å². The van der Waals surface area contributed by atoms with Gasteiger partial charge in [0.2, 0.25) is 5.91 Å². The van der Waals surface area contributed by atoms with Crippen molar-refractivity contribution in [2.75, 3.05) is 26.4 Å². The van der Waals surface area contributed by atoms with Gasteiger partial charge in [-0.3, -0.25) is 9.59 Å². The molecule has 0 saturated heterocycles. The summed E-state index contributed by atoms with van der Waals surface area (Å²) in [7, 11) is -2.64. The monoisotopic (exact) mass is 335 g/mol. The minimum absolute atomic E-state index is 0.0163. The molecule has 0 radical (unpaired) electrons. The van der Waals surface area contributed by atoms with Crippen molar-refractivity contribution < 1.29 is 28.0 Å². The summed E-state index contributed by atoms with van der Waals surface area (Å²) in [6.07, 6.45) is 1.31. The van der Waals surface area contributed by atoms with Gasteiger partial charge >= 0.3 is 14.8 Å². The Morgan fingerprint density at radius 3 is 1.95 bits per heavy atom. The molecule has 130 valence electrons. The number of hydrogen-bond acceptors (Lipinski definition) is 5. The summed E-state index contributed by atoms with van der Waals surface area (Å²) in [5, 5.41) is 11.3. The number of carboxylic acids is 1. The fourth-order valence-electron chi connectivity index (χ4n) is 2.02. The second-order valence-corrected chi connectivity index (χ2v) is 7.41. The smallest absolute Gasteiger partial charge is 0.481 e. The molecular weight excluding hydrogens is 306 g/mol. The molecule has 0 aliphatic carbocycles. The van der Waals surface area contributed by atoms with Crippen molar-refractivity contribution in [3.63, 3.8) is 0 Å². The number of carbonyl (C=O) groups is 2. The fourth-order valence-corrected chi connectivity index (χ4v) is 4.63. The molecule has 8 heteroatoms. The molecule has 7 nitrogen and oxygen atoms in total. The third-order valence-electron chi connectivity index (χ3n) is 2.87. The van der Waals surface area contributed by atoms with Crippen molar-refractivity contribution in [1.82, 2.24) is 5.32 Å². The Labute approximate surface area is 133 Å². The van der Waals surface area contributed by atoms with E-state index in [9.17, 15) is 9.59 Å². The van der Waals surface area contributed by atoms with E-state index in [4.69, 9.17) is 18.4 Å². The maximum Gasteiger partial charge on any atom is 0.500 e. The van der Waals surface area contributed by atoms with Crippen LogP contribution in [0, 0.1) is 0 Å². The predicted molar refractivity (Wildman–Crippen MR) is 84.6 cm³/mol. The van der Waals surface area contributed by atoms with Gasteiger partial charge in [0, 0.05) is 45.3 Å². The summed E-state index contributed by atoms with van der Waals surface area (Å²) in [6, 6.07) is 0.651. The van der Waals surface area contributed by atoms with E-state index in [-0.39, 0.29) is 18.7 Å². The van der Waals surface area contributed by atoms with Crippen LogP contribution < -0.4 is 5.32 Å². The van der Waals surface area contributed by atoms with Crippen LogP contribution in [0.4, 0.5) is 0 Å². The van der Waals surface area contributed by atoms with Crippen molar-refractivity contribution in [3.8, 4) is 0 Å². The Hall–Kier alpha value is -0.963. The quantitative estimate of drug-likeness (QED) is 0.371. The number of carbonyl (C=O) groups excluding carboxylic acids is 1. The summed E-state index contributed by atoms with van der Waals surface area (Å²) >= 11 is 0. The normalized spacial score (nSPS) is 11.4. The standard InChI is InChI=1S/C14H29NO6Si/c1-4-19-22(20-5-2,21-6-3)12-8-11-15-13(16)9-7-10-14(17)18/h4-12H2,1-3H3,(H,15,16)(H,17,18). The molecule has 0 aromatic heterocycles. The van der Waals surface area contributed by atoms with E-state index < -0.39 is 14.8 Å². The molecule has 0 aromatic carbocycles. The molecular formula is C14H29NO6Si. The Morgan fingerprint density at radius 1 is 0.955 bits per heavy atom. The summed E-state index contributed by atoms with van der Waals surface area (Å²) in [5.74, 6) is -1.01. The van der Waals surface area contributed by atoms with Gasteiger partial charge in [0.25, 0.3) is 0 Å². The zero-order chi connectivity index (χ0) is 16.8. The van der Waals surface area contributed by atoms with Crippen LogP contribution in [0.5, 0.6) is 0 Å². The molecule has 2 N–H and O–H groups in total. The van der Waals surface area contributed by atoms with Crippen molar-refractivity contribution in [3.05, 3.63) is 0 Å². The van der Waals surface area contributed by atoms with Crippen LogP contribution in [-0.4, -0.2) is 52.2 Å². The lowest BCUT2D eigenvalue weighted by Crippen LogP contribution is -2.46. The second-order valence-electron chi connectivity index (χ2n) is 4.68. The highest BCUT2D eigenvalue weighted by Gasteiger charge is 2.39. The van der Waals surface area contributed by atoms with Gasteiger partial charge in [-0.05, 0) is 33.6 Å². The topological polar surface area (TPSA) is 94.1 Å². The third-order valence-corrected chi connectivity index (χ3v) is 6.02. The molecule has 0 aliphatic rings. The summed E-state index contributed by atoms with van der Waals surface area (Å²) in [6.45, 7) is 7.83. The SMILES string of the molecule is CCO[Si](CCCNC(=O)CCCC(=O)O)(OCC)OCC. The van der Waals surface area contributed by atoms with Crippen molar-refractivity contribution in [2.24, 2.45) is 0 Å². The zero-order valence-electron chi connectivity index (χ0n) is 13.9. The number of aliphatic carboxylic acids is 1. The van der Waals surface area contributed by atoms with Crippen LogP contribution in [0.1, 0.15) is 46.5 Å². The van der Waals surface area contributed by atoms with Gasteiger partial charge in [0.1, 0.15) is 0 Å². The van der Waals surface area contributed by atoms with Crippen LogP contribution in [0.3, 0.4) is 0 Å². The first-order valence-electron chi connectivity index (χ1n) is 7.90. The number of rotatable bonds is 14. The van der Waals surface area contributed by atoms with Gasteiger partial charge in [0.05, 0.1) is 0 Å².